The maximum absolute atomic E-state index is 13.0. The van der Waals surface area contributed by atoms with E-state index < -0.39 is 13.0 Å². The van der Waals surface area contributed by atoms with Gasteiger partial charge in [-0.15, -0.1) is 0 Å². The lowest BCUT2D eigenvalue weighted by atomic mass is 9.79. The Kier molecular flexibility index (Phi) is 6.12. The number of hydrogen-bond donors (Lipinski definition) is 2. The molecule has 8 nitrogen and oxygen atoms in total. The van der Waals surface area contributed by atoms with Crippen molar-refractivity contribution in [1.82, 2.24) is 34.7 Å². The summed E-state index contributed by atoms with van der Waals surface area (Å²) in [6.07, 6.45) is 3.31. The summed E-state index contributed by atoms with van der Waals surface area (Å²) in [5.74, 6) is 1.65. The van der Waals surface area contributed by atoms with Crippen molar-refractivity contribution in [2.24, 2.45) is 0 Å². The first-order valence-electron chi connectivity index (χ1n) is 12.6. The van der Waals surface area contributed by atoms with Crippen LogP contribution in [0.3, 0.4) is 0 Å². The zero-order valence-corrected chi connectivity index (χ0v) is 21.3. The maximum Gasteiger partial charge on any atom is 0.333 e. The normalized spacial score (nSPS) is 15.6. The number of aromatic amines is 2. The van der Waals surface area contributed by atoms with Gasteiger partial charge in [0.15, 0.2) is 0 Å². The molecule has 0 bridgehead atoms. The van der Waals surface area contributed by atoms with Crippen LogP contribution in [0.5, 0.6) is 0 Å². The average Bonchev–Trinajstić information content (AvgIpc) is 3.67. The van der Waals surface area contributed by atoms with E-state index in [9.17, 15) is 17.6 Å². The third-order valence-corrected chi connectivity index (χ3v) is 7.59. The molecular formula is C27H26F4N8. The molecule has 202 valence electrons. The quantitative estimate of drug-likeness (QED) is 0.244. The third-order valence-electron chi connectivity index (χ3n) is 7.59. The van der Waals surface area contributed by atoms with Gasteiger partial charge in [-0.2, -0.15) is 13.9 Å². The Hall–Kier alpha value is -4.22. The molecule has 12 heteroatoms. The molecule has 2 N–H and O–H groups in total. The highest BCUT2D eigenvalue weighted by molar-refractivity contribution is 5.91. The Labute approximate surface area is 221 Å². The number of imidazole rings is 1. The van der Waals surface area contributed by atoms with Gasteiger partial charge in [-0.05, 0) is 31.4 Å². The predicted molar refractivity (Wildman–Crippen MR) is 139 cm³/mol. The second-order valence-corrected chi connectivity index (χ2v) is 10.1. The molecular weight excluding hydrogens is 512 g/mol. The van der Waals surface area contributed by atoms with E-state index in [-0.39, 0.29) is 11.0 Å². The van der Waals surface area contributed by atoms with Crippen LogP contribution in [0.2, 0.25) is 0 Å². The topological polar surface area (TPSA) is 91.3 Å². The monoisotopic (exact) mass is 538 g/mol. The molecule has 6 rings (SSSR count). The van der Waals surface area contributed by atoms with Gasteiger partial charge in [0, 0.05) is 35.8 Å². The fourth-order valence-electron chi connectivity index (χ4n) is 5.19. The number of anilines is 1. The number of hydrogen-bond acceptors (Lipinski definition) is 5. The largest absolute Gasteiger partial charge is 0.356 e. The van der Waals surface area contributed by atoms with E-state index in [4.69, 9.17) is 4.98 Å². The standard InChI is InChI=1S/C27H26F4N8/c1-15-21(16-3-5-17(6-4-16)22(28)29)37-25(35-15)27(2)7-9-38(10-8-27)24-19-11-20(36-23(19)32-14-33-24)18-12-34-39(13-18)26(30)31/h3-6,11-14,22,26H,7-10H2,1-2H3,(H,35,37)(H,32,33,36). The minimum absolute atomic E-state index is 0.00734. The van der Waals surface area contributed by atoms with Crippen molar-refractivity contribution in [1.29, 1.82) is 0 Å². The number of nitrogens with one attached hydrogen (secondary N) is 2. The summed E-state index contributed by atoms with van der Waals surface area (Å²) in [4.78, 5) is 22.6. The molecule has 1 aromatic carbocycles. The molecule has 1 saturated heterocycles. The van der Waals surface area contributed by atoms with Crippen LogP contribution in [-0.2, 0) is 5.41 Å². The van der Waals surface area contributed by atoms with Gasteiger partial charge >= 0.3 is 6.55 Å². The minimum atomic E-state index is -2.71. The number of fused-ring (bicyclic) bond motifs is 1. The smallest absolute Gasteiger partial charge is 0.333 e. The van der Waals surface area contributed by atoms with E-state index >= 15 is 0 Å². The van der Waals surface area contributed by atoms with Gasteiger partial charge in [-0.1, -0.05) is 31.2 Å². The van der Waals surface area contributed by atoms with Crippen LogP contribution in [0.1, 0.15) is 49.8 Å². The van der Waals surface area contributed by atoms with Crippen LogP contribution >= 0.6 is 0 Å². The summed E-state index contributed by atoms with van der Waals surface area (Å²) < 4.78 is 52.5. The maximum atomic E-state index is 13.0. The summed E-state index contributed by atoms with van der Waals surface area (Å²) >= 11 is 0. The Morgan fingerprint density at radius 2 is 1.72 bits per heavy atom. The predicted octanol–water partition coefficient (Wildman–Crippen LogP) is 6.41. The molecule has 1 fully saturated rings. The van der Waals surface area contributed by atoms with Gasteiger partial charge in [-0.25, -0.2) is 28.4 Å². The first-order valence-corrected chi connectivity index (χ1v) is 12.6. The molecule has 39 heavy (non-hydrogen) atoms. The molecule has 5 heterocycles. The summed E-state index contributed by atoms with van der Waals surface area (Å²) in [6.45, 7) is 2.84. The number of alkyl halides is 4. The molecule has 0 amide bonds. The number of aryl methyl sites for hydroxylation is 1. The van der Waals surface area contributed by atoms with Crippen LogP contribution in [-0.4, -0.2) is 47.8 Å². The fraction of sp³-hybridized carbons (Fsp3) is 0.333. The Morgan fingerprint density at radius 1 is 0.974 bits per heavy atom. The zero-order valence-electron chi connectivity index (χ0n) is 21.3. The van der Waals surface area contributed by atoms with Crippen LogP contribution < -0.4 is 4.90 Å². The van der Waals surface area contributed by atoms with E-state index in [1.165, 1.54) is 30.9 Å². The lowest BCUT2D eigenvalue weighted by molar-refractivity contribution is 0.0566. The SMILES string of the molecule is Cc1nc(C2(C)CCN(c3ncnc4[nH]c(-c5cnn(C(F)F)c5)cc34)CC2)[nH]c1-c1ccc(C(F)F)cc1. The highest BCUT2D eigenvalue weighted by Gasteiger charge is 2.36. The van der Waals surface area contributed by atoms with Crippen molar-refractivity contribution >= 4 is 16.9 Å². The first-order chi connectivity index (χ1) is 18.7. The van der Waals surface area contributed by atoms with Crippen molar-refractivity contribution in [3.8, 4) is 22.5 Å². The average molecular weight is 539 g/mol. The van der Waals surface area contributed by atoms with Gasteiger partial charge in [0.1, 0.15) is 23.6 Å². The minimum Gasteiger partial charge on any atom is -0.356 e. The number of H-pyrrole nitrogens is 2. The van der Waals surface area contributed by atoms with Crippen LogP contribution in [0, 0.1) is 6.92 Å². The molecule has 5 aromatic rings. The number of benzene rings is 1. The Bertz CT molecular complexity index is 1610. The van der Waals surface area contributed by atoms with Crippen LogP contribution in [0.4, 0.5) is 23.4 Å². The number of nitrogens with zero attached hydrogens (tertiary/aromatic N) is 6. The number of halogens is 4. The highest BCUT2D eigenvalue weighted by atomic mass is 19.3. The van der Waals surface area contributed by atoms with Gasteiger partial charge in [0.2, 0.25) is 0 Å². The van der Waals surface area contributed by atoms with Crippen molar-refractivity contribution in [2.45, 2.75) is 45.1 Å². The zero-order chi connectivity index (χ0) is 27.3. The second-order valence-electron chi connectivity index (χ2n) is 10.1. The summed E-state index contributed by atoms with van der Waals surface area (Å²) in [7, 11) is 0. The van der Waals surface area contributed by atoms with E-state index in [1.807, 2.05) is 13.0 Å². The van der Waals surface area contributed by atoms with Crippen molar-refractivity contribution in [3.63, 3.8) is 0 Å². The van der Waals surface area contributed by atoms with Crippen LogP contribution in [0.25, 0.3) is 33.5 Å². The number of piperidine rings is 1. The van der Waals surface area contributed by atoms with Crippen molar-refractivity contribution in [3.05, 3.63) is 66.1 Å². The lowest BCUT2D eigenvalue weighted by Gasteiger charge is -2.38. The number of aromatic nitrogens is 7. The second kappa shape index (κ2) is 9.51. The molecule has 0 saturated carbocycles. The fourth-order valence-corrected chi connectivity index (χ4v) is 5.19. The van der Waals surface area contributed by atoms with E-state index in [1.54, 1.807) is 12.1 Å². The van der Waals surface area contributed by atoms with Crippen molar-refractivity contribution in [2.75, 3.05) is 18.0 Å². The number of rotatable bonds is 6. The Balaban J connectivity index is 1.22. The summed E-state index contributed by atoms with van der Waals surface area (Å²) in [5, 5.41) is 4.53. The van der Waals surface area contributed by atoms with Gasteiger partial charge in [-0.3, -0.25) is 0 Å². The van der Waals surface area contributed by atoms with E-state index in [0.29, 0.717) is 21.6 Å². The van der Waals surface area contributed by atoms with E-state index in [0.717, 1.165) is 59.9 Å². The molecule has 0 atom stereocenters. The molecule has 0 radical (unpaired) electrons. The van der Waals surface area contributed by atoms with Gasteiger partial charge < -0.3 is 14.9 Å². The lowest BCUT2D eigenvalue weighted by Crippen LogP contribution is -2.42. The first kappa shape index (κ1) is 25.1. The van der Waals surface area contributed by atoms with Gasteiger partial charge in [0.05, 0.1) is 28.7 Å². The third kappa shape index (κ3) is 4.53. The van der Waals surface area contributed by atoms with Gasteiger partial charge in [0.25, 0.3) is 6.43 Å². The van der Waals surface area contributed by atoms with Crippen LogP contribution in [0.15, 0.2) is 49.1 Å². The molecule has 0 spiro atoms. The Morgan fingerprint density at radius 3 is 2.38 bits per heavy atom. The highest BCUT2D eigenvalue weighted by Crippen LogP contribution is 2.38. The van der Waals surface area contributed by atoms with Crippen molar-refractivity contribution < 1.29 is 17.6 Å². The summed E-state index contributed by atoms with van der Waals surface area (Å²) in [6, 6.07) is 8.15. The molecule has 4 aromatic heterocycles. The molecule has 0 aliphatic carbocycles. The summed E-state index contributed by atoms with van der Waals surface area (Å²) in [5.41, 5.74) is 4.07. The van der Waals surface area contributed by atoms with E-state index in [2.05, 4.69) is 36.9 Å². The molecule has 1 aliphatic heterocycles. The molecule has 0 unspecified atom stereocenters. The molecule has 1 aliphatic rings.